The van der Waals surface area contributed by atoms with Crippen LogP contribution >= 0.6 is 0 Å². The molecule has 0 saturated carbocycles. The average molecular weight is 1210 g/mol. The number of ether oxygens (including phenoxy) is 20. The number of carbonyl (C=O) groups excluding carboxylic acids is 13. The summed E-state index contributed by atoms with van der Waals surface area (Å²) in [6, 6.07) is 0. The zero-order valence-electron chi connectivity index (χ0n) is 47.8. The first-order valence-electron chi connectivity index (χ1n) is 25.6. The molecule has 4 aliphatic heterocycles. The molecule has 0 bridgehead atoms. The van der Waals surface area contributed by atoms with Crippen LogP contribution in [0.15, 0.2) is 0 Å². The summed E-state index contributed by atoms with van der Waals surface area (Å²) in [4.78, 5) is 166. The summed E-state index contributed by atoms with van der Waals surface area (Å²) in [5.74, 6) is -13.6. The Hall–Kier alpha value is -7.21. The minimum Gasteiger partial charge on any atom is -0.463 e. The van der Waals surface area contributed by atoms with E-state index in [0.717, 1.165) is 90.0 Å². The highest BCUT2D eigenvalue weighted by Crippen LogP contribution is 2.40. The van der Waals surface area contributed by atoms with Gasteiger partial charge in [-0.3, -0.25) is 62.3 Å². The fourth-order valence-corrected chi connectivity index (χ4v) is 9.05. The highest BCUT2D eigenvalue weighted by Gasteiger charge is 2.62. The van der Waals surface area contributed by atoms with E-state index < -0.39 is 227 Å². The van der Waals surface area contributed by atoms with E-state index in [1.807, 2.05) is 0 Å². The standard InChI is InChI=1S/C50H68O34/c1-18(51)65-14-31-35(69-22(5)55)39(43(47(64)78-31)74-27(10)60)82-49-45(76-29(12)62)41(37(71-24(7)57)33(80-49)16-67-20(3)53)84-50-46(77-30(13)63)42(38(72-25(8)58)34(81-50)17-68-21(4)54)83-48-44(75-28(11)61)40(73-26(9)59)36(70-23(6)56)32(79-48)15-66-19(2)52/h31-50,64H,14-17H2,1-13H3/t31-,32-,33-,34-,35-,36-,37-,38-,39+,40+,41+,42+,43-,44-,45-,46-,47-,48+,49+,50+/m1/s1. The van der Waals surface area contributed by atoms with Crippen molar-refractivity contribution in [2.45, 2.75) is 213 Å². The maximum atomic E-state index is 13.4. The molecule has 0 spiro atoms. The van der Waals surface area contributed by atoms with Gasteiger partial charge in [-0.25, -0.2) is 0 Å². The summed E-state index contributed by atoms with van der Waals surface area (Å²) in [7, 11) is 0. The van der Waals surface area contributed by atoms with Gasteiger partial charge in [-0.1, -0.05) is 0 Å². The molecule has 0 unspecified atom stereocenters. The smallest absolute Gasteiger partial charge is 0.303 e. The Morgan fingerprint density at radius 1 is 0.250 bits per heavy atom. The summed E-state index contributed by atoms with van der Waals surface area (Å²) in [6.45, 7) is 8.82. The van der Waals surface area contributed by atoms with Crippen LogP contribution in [0.5, 0.6) is 0 Å². The van der Waals surface area contributed by atoms with Gasteiger partial charge in [0, 0.05) is 90.0 Å². The van der Waals surface area contributed by atoms with Gasteiger partial charge in [0.1, 0.15) is 69.2 Å². The van der Waals surface area contributed by atoms with Gasteiger partial charge in [0.25, 0.3) is 0 Å². The fraction of sp³-hybridized carbons (Fsp3) is 0.740. The van der Waals surface area contributed by atoms with E-state index in [4.69, 9.17) is 94.7 Å². The summed E-state index contributed by atoms with van der Waals surface area (Å²) >= 11 is 0. The van der Waals surface area contributed by atoms with Crippen LogP contribution in [0.4, 0.5) is 0 Å². The van der Waals surface area contributed by atoms with E-state index in [-0.39, 0.29) is 0 Å². The van der Waals surface area contributed by atoms with E-state index in [2.05, 4.69) is 0 Å². The third kappa shape index (κ3) is 20.5. The minimum absolute atomic E-state index is 0.745. The van der Waals surface area contributed by atoms with Crippen LogP contribution in [0.2, 0.25) is 0 Å². The van der Waals surface area contributed by atoms with Crippen molar-refractivity contribution in [2.24, 2.45) is 0 Å². The van der Waals surface area contributed by atoms with Crippen LogP contribution in [0.1, 0.15) is 90.0 Å². The molecule has 472 valence electrons. The Morgan fingerprint density at radius 2 is 0.440 bits per heavy atom. The summed E-state index contributed by atoms with van der Waals surface area (Å²) < 4.78 is 115. The first-order valence-corrected chi connectivity index (χ1v) is 25.6. The quantitative estimate of drug-likeness (QED) is 0.0828. The maximum absolute atomic E-state index is 13.4. The normalized spacial score (nSPS) is 32.7. The zero-order chi connectivity index (χ0) is 63.0. The monoisotopic (exact) mass is 1210 g/mol. The van der Waals surface area contributed by atoms with Gasteiger partial charge >= 0.3 is 77.6 Å². The molecule has 0 amide bonds. The predicted molar refractivity (Wildman–Crippen MR) is 258 cm³/mol. The van der Waals surface area contributed by atoms with Crippen LogP contribution < -0.4 is 0 Å². The van der Waals surface area contributed by atoms with Gasteiger partial charge < -0.3 is 99.8 Å². The summed E-state index contributed by atoms with van der Waals surface area (Å²) in [5.41, 5.74) is 0. The Balaban J connectivity index is 2.07. The summed E-state index contributed by atoms with van der Waals surface area (Å²) in [6.07, 6.45) is -40.1. The molecule has 34 nitrogen and oxygen atoms in total. The molecule has 0 aliphatic carbocycles. The first-order chi connectivity index (χ1) is 39.3. The number of aliphatic hydroxyl groups excluding tert-OH is 1. The van der Waals surface area contributed by atoms with Gasteiger partial charge in [0.15, 0.2) is 80.1 Å². The van der Waals surface area contributed by atoms with Crippen molar-refractivity contribution in [2.75, 3.05) is 26.4 Å². The average Bonchev–Trinajstić information content (AvgIpc) is 3.53. The van der Waals surface area contributed by atoms with E-state index >= 15 is 0 Å². The molecular weight excluding hydrogens is 1140 g/mol. The van der Waals surface area contributed by atoms with Gasteiger partial charge in [0.2, 0.25) is 0 Å². The number of rotatable bonds is 23. The molecule has 84 heavy (non-hydrogen) atoms. The lowest BCUT2D eigenvalue weighted by atomic mass is 9.94. The van der Waals surface area contributed by atoms with Crippen molar-refractivity contribution >= 4 is 77.6 Å². The van der Waals surface area contributed by atoms with Crippen molar-refractivity contribution in [1.29, 1.82) is 0 Å². The highest BCUT2D eigenvalue weighted by molar-refractivity contribution is 5.71. The molecule has 0 radical (unpaired) electrons. The second-order valence-corrected chi connectivity index (χ2v) is 18.9. The van der Waals surface area contributed by atoms with Crippen LogP contribution in [0.3, 0.4) is 0 Å². The third-order valence-electron chi connectivity index (χ3n) is 11.8. The molecular formula is C50H68O34. The zero-order valence-corrected chi connectivity index (χ0v) is 47.8. The predicted octanol–water partition coefficient (Wildman–Crippen LogP) is -2.33. The first kappa shape index (κ1) is 69.3. The fourth-order valence-electron chi connectivity index (χ4n) is 9.05. The van der Waals surface area contributed by atoms with E-state index in [9.17, 15) is 67.4 Å². The molecule has 4 heterocycles. The molecule has 1 N–H and O–H groups in total. The van der Waals surface area contributed by atoms with Gasteiger partial charge in [-0.05, 0) is 0 Å². The topological polar surface area (TPSA) is 427 Å². The van der Waals surface area contributed by atoms with Crippen LogP contribution in [0, 0.1) is 0 Å². The van der Waals surface area contributed by atoms with Gasteiger partial charge in [-0.15, -0.1) is 0 Å². The number of hydrogen-bond acceptors (Lipinski definition) is 34. The van der Waals surface area contributed by atoms with Gasteiger partial charge in [0.05, 0.1) is 0 Å². The highest BCUT2D eigenvalue weighted by atomic mass is 16.8. The van der Waals surface area contributed by atoms with Crippen LogP contribution in [-0.4, -0.2) is 232 Å². The minimum atomic E-state index is -2.31. The maximum Gasteiger partial charge on any atom is 0.303 e. The lowest BCUT2D eigenvalue weighted by Gasteiger charge is -2.51. The molecule has 0 aromatic carbocycles. The molecule has 20 atom stereocenters. The Kier molecular flexibility index (Phi) is 26.1. The largest absolute Gasteiger partial charge is 0.463 e. The molecule has 0 aromatic rings. The van der Waals surface area contributed by atoms with Crippen LogP contribution in [0.25, 0.3) is 0 Å². The summed E-state index contributed by atoms with van der Waals surface area (Å²) in [5, 5.41) is 11.3. The molecule has 4 aliphatic rings. The Labute approximate surface area is 478 Å². The van der Waals surface area contributed by atoms with Crippen molar-refractivity contribution < 1.29 is 162 Å². The number of carbonyl (C=O) groups is 13. The molecule has 4 fully saturated rings. The third-order valence-corrected chi connectivity index (χ3v) is 11.8. The Morgan fingerprint density at radius 3 is 0.690 bits per heavy atom. The lowest BCUT2D eigenvalue weighted by molar-refractivity contribution is -0.390. The van der Waals surface area contributed by atoms with Crippen molar-refractivity contribution in [1.82, 2.24) is 0 Å². The second kappa shape index (κ2) is 31.6. The van der Waals surface area contributed by atoms with Gasteiger partial charge in [-0.2, -0.15) is 0 Å². The molecule has 4 saturated heterocycles. The SMILES string of the molecule is CC(=O)OC[C@H]1O[C@@H](O)[C@H](OC(C)=O)[C@@H](O[C@@H]2O[C@H](COC(C)=O)[C@@H](OC(C)=O)[C@H](O[C@@H]3O[C@H](COC(C)=O)[C@@H](OC(C)=O)[C@H](O[C@@H]4O[C@H](COC(C)=O)[C@@H](OC(C)=O)[C@H](OC(C)=O)[C@H]4OC(C)=O)[C@H]3OC(C)=O)[C@H]2OC(C)=O)[C@@H]1OC(C)=O. The van der Waals surface area contributed by atoms with E-state index in [1.165, 1.54) is 0 Å². The number of hydrogen-bond donors (Lipinski definition) is 1. The second-order valence-electron chi connectivity index (χ2n) is 18.9. The van der Waals surface area contributed by atoms with Crippen molar-refractivity contribution in [3.05, 3.63) is 0 Å². The molecule has 4 rings (SSSR count). The van der Waals surface area contributed by atoms with Crippen molar-refractivity contribution in [3.63, 3.8) is 0 Å². The van der Waals surface area contributed by atoms with Crippen molar-refractivity contribution in [3.8, 4) is 0 Å². The lowest BCUT2D eigenvalue weighted by Crippen LogP contribution is -2.70. The van der Waals surface area contributed by atoms with Crippen LogP contribution in [-0.2, 0) is 157 Å². The van der Waals surface area contributed by atoms with E-state index in [0.29, 0.717) is 0 Å². The van der Waals surface area contributed by atoms with E-state index in [1.54, 1.807) is 0 Å². The number of aliphatic hydroxyl groups is 1. The Bertz CT molecular complexity index is 2410. The molecule has 0 aromatic heterocycles. The molecule has 34 heteroatoms. The number of esters is 13.